The van der Waals surface area contributed by atoms with E-state index in [0.29, 0.717) is 22.2 Å². The first-order valence-corrected chi connectivity index (χ1v) is 4.55. The molecule has 0 aliphatic carbocycles. The van der Waals surface area contributed by atoms with Crippen LogP contribution in [0.15, 0.2) is 38.0 Å². The van der Waals surface area contributed by atoms with E-state index < -0.39 is 5.63 Å². The van der Waals surface area contributed by atoms with Gasteiger partial charge in [0.05, 0.1) is 11.1 Å². The molecular weight excluding hydrogens is 194 g/mol. The number of hydrogen-bond donors (Lipinski definition) is 0. The van der Waals surface area contributed by atoms with E-state index in [0.717, 1.165) is 5.39 Å². The lowest BCUT2D eigenvalue weighted by molar-refractivity contribution is 0.451. The van der Waals surface area contributed by atoms with Crippen LogP contribution >= 0.6 is 0 Å². The first kappa shape index (κ1) is 8.23. The van der Waals surface area contributed by atoms with Gasteiger partial charge in [0, 0.05) is 0 Å². The summed E-state index contributed by atoms with van der Waals surface area (Å²) in [5.41, 5.74) is 1.18. The monoisotopic (exact) mass is 201 g/mol. The number of hydrogen-bond acceptors (Lipinski definition) is 4. The van der Waals surface area contributed by atoms with Crippen LogP contribution in [0.5, 0.6) is 0 Å². The van der Waals surface area contributed by atoms with Crippen LogP contribution in [-0.2, 0) is 0 Å². The van der Waals surface area contributed by atoms with Crippen molar-refractivity contribution in [1.82, 2.24) is 5.16 Å². The third-order valence-corrected chi connectivity index (χ3v) is 2.40. The molecule has 0 N–H and O–H groups in total. The third-order valence-electron chi connectivity index (χ3n) is 2.40. The Balaban J connectivity index is 2.71. The molecule has 0 atom stereocenters. The zero-order valence-electron chi connectivity index (χ0n) is 7.98. The van der Waals surface area contributed by atoms with E-state index in [9.17, 15) is 4.79 Å². The maximum absolute atomic E-state index is 11.6. The Labute approximate surface area is 84.1 Å². The fourth-order valence-corrected chi connectivity index (χ4v) is 1.69. The van der Waals surface area contributed by atoms with Crippen LogP contribution in [0.25, 0.3) is 21.9 Å². The molecular formula is C11H7NO3. The molecule has 2 aromatic heterocycles. The Morgan fingerprint density at radius 2 is 2.07 bits per heavy atom. The Hall–Kier alpha value is -2.10. The summed E-state index contributed by atoms with van der Waals surface area (Å²) in [6.07, 6.45) is 0. The maximum Gasteiger partial charge on any atom is 0.349 e. The number of aryl methyl sites for hydroxylation is 1. The Kier molecular flexibility index (Phi) is 1.48. The number of nitrogens with zero attached hydrogens (tertiary/aromatic N) is 1. The maximum atomic E-state index is 11.6. The number of fused-ring (bicyclic) bond motifs is 3. The summed E-state index contributed by atoms with van der Waals surface area (Å²) in [7, 11) is 0. The van der Waals surface area contributed by atoms with Gasteiger partial charge in [-0.2, -0.15) is 0 Å². The van der Waals surface area contributed by atoms with Gasteiger partial charge in [-0.05, 0) is 19.1 Å². The predicted octanol–water partition coefficient (Wildman–Crippen LogP) is 2.24. The van der Waals surface area contributed by atoms with Crippen molar-refractivity contribution >= 4 is 21.9 Å². The molecule has 0 fully saturated rings. The van der Waals surface area contributed by atoms with E-state index >= 15 is 0 Å². The first-order chi connectivity index (χ1) is 7.27. The van der Waals surface area contributed by atoms with E-state index in [-0.39, 0.29) is 0 Å². The third kappa shape index (κ3) is 1.01. The van der Waals surface area contributed by atoms with Crippen molar-refractivity contribution in [3.63, 3.8) is 0 Å². The highest BCUT2D eigenvalue weighted by molar-refractivity contribution is 6.00. The van der Waals surface area contributed by atoms with Crippen molar-refractivity contribution in [3.8, 4) is 0 Å². The normalized spacial score (nSPS) is 11.3. The van der Waals surface area contributed by atoms with Crippen LogP contribution < -0.4 is 5.63 Å². The summed E-state index contributed by atoms with van der Waals surface area (Å²) in [5.74, 6) is 0. The van der Waals surface area contributed by atoms with Gasteiger partial charge >= 0.3 is 5.63 Å². The second kappa shape index (κ2) is 2.70. The molecule has 0 saturated heterocycles. The smallest absolute Gasteiger partial charge is 0.349 e. The average Bonchev–Trinajstić information content (AvgIpc) is 2.62. The Morgan fingerprint density at radius 1 is 1.27 bits per heavy atom. The van der Waals surface area contributed by atoms with Crippen LogP contribution in [0, 0.1) is 6.92 Å². The average molecular weight is 201 g/mol. The summed E-state index contributed by atoms with van der Waals surface area (Å²) in [5, 5.41) is 4.97. The fourth-order valence-electron chi connectivity index (χ4n) is 1.69. The molecule has 4 heteroatoms. The van der Waals surface area contributed by atoms with Gasteiger partial charge in [0.2, 0.25) is 0 Å². The minimum Gasteiger partial charge on any atom is -0.422 e. The van der Waals surface area contributed by atoms with Crippen molar-refractivity contribution in [1.29, 1.82) is 0 Å². The van der Waals surface area contributed by atoms with Crippen LogP contribution in [0.1, 0.15) is 5.69 Å². The summed E-state index contributed by atoms with van der Waals surface area (Å²) in [6.45, 7) is 1.72. The van der Waals surface area contributed by atoms with Crippen molar-refractivity contribution in [2.75, 3.05) is 0 Å². The summed E-state index contributed by atoms with van der Waals surface area (Å²) >= 11 is 0. The van der Waals surface area contributed by atoms with Gasteiger partial charge in [0.15, 0.2) is 5.58 Å². The molecule has 0 bridgehead atoms. The SMILES string of the molecule is Cc1noc2c1c(=O)oc1ccccc12. The zero-order valence-corrected chi connectivity index (χ0v) is 7.98. The molecule has 0 aliphatic heterocycles. The largest absolute Gasteiger partial charge is 0.422 e. The molecule has 74 valence electrons. The summed E-state index contributed by atoms with van der Waals surface area (Å²) < 4.78 is 10.3. The van der Waals surface area contributed by atoms with Gasteiger partial charge < -0.3 is 8.94 Å². The summed E-state index contributed by atoms with van der Waals surface area (Å²) in [6, 6.07) is 7.24. The highest BCUT2D eigenvalue weighted by atomic mass is 16.5. The number of aromatic nitrogens is 1. The van der Waals surface area contributed by atoms with E-state index in [1.54, 1.807) is 19.1 Å². The van der Waals surface area contributed by atoms with Gasteiger partial charge in [-0.15, -0.1) is 0 Å². The van der Waals surface area contributed by atoms with Crippen LogP contribution in [-0.4, -0.2) is 5.16 Å². The molecule has 3 aromatic rings. The van der Waals surface area contributed by atoms with E-state index in [4.69, 9.17) is 8.94 Å². The highest BCUT2D eigenvalue weighted by Crippen LogP contribution is 2.23. The van der Waals surface area contributed by atoms with E-state index in [1.807, 2.05) is 12.1 Å². The zero-order chi connectivity index (χ0) is 10.4. The van der Waals surface area contributed by atoms with Crippen molar-refractivity contribution in [2.24, 2.45) is 0 Å². The molecule has 0 spiro atoms. The number of benzene rings is 1. The lowest BCUT2D eigenvalue weighted by Crippen LogP contribution is -1.99. The lowest BCUT2D eigenvalue weighted by Gasteiger charge is -1.94. The molecule has 4 nitrogen and oxygen atoms in total. The summed E-state index contributed by atoms with van der Waals surface area (Å²) in [4.78, 5) is 11.6. The molecule has 0 amide bonds. The number of para-hydroxylation sites is 1. The van der Waals surface area contributed by atoms with Crippen LogP contribution in [0.3, 0.4) is 0 Å². The van der Waals surface area contributed by atoms with Gasteiger partial charge in [-0.1, -0.05) is 17.3 Å². The minimum absolute atomic E-state index is 0.401. The van der Waals surface area contributed by atoms with Crippen LogP contribution in [0.2, 0.25) is 0 Å². The van der Waals surface area contributed by atoms with Gasteiger partial charge in [0.25, 0.3) is 0 Å². The van der Waals surface area contributed by atoms with E-state index in [2.05, 4.69) is 5.16 Å². The first-order valence-electron chi connectivity index (χ1n) is 4.55. The second-order valence-electron chi connectivity index (χ2n) is 3.36. The topological polar surface area (TPSA) is 56.2 Å². The quantitative estimate of drug-likeness (QED) is 0.523. The molecule has 2 heterocycles. The molecule has 3 rings (SSSR count). The second-order valence-corrected chi connectivity index (χ2v) is 3.36. The van der Waals surface area contributed by atoms with Gasteiger partial charge in [-0.25, -0.2) is 4.79 Å². The Morgan fingerprint density at radius 3 is 2.93 bits per heavy atom. The van der Waals surface area contributed by atoms with Crippen molar-refractivity contribution in [2.45, 2.75) is 6.92 Å². The van der Waals surface area contributed by atoms with Crippen molar-refractivity contribution < 1.29 is 8.94 Å². The molecule has 15 heavy (non-hydrogen) atoms. The van der Waals surface area contributed by atoms with Crippen molar-refractivity contribution in [3.05, 3.63) is 40.4 Å². The molecule has 0 radical (unpaired) electrons. The molecule has 1 aromatic carbocycles. The molecule has 0 unspecified atom stereocenters. The fraction of sp³-hybridized carbons (Fsp3) is 0.0909. The minimum atomic E-state index is -0.401. The lowest BCUT2D eigenvalue weighted by atomic mass is 10.2. The molecule has 0 saturated carbocycles. The van der Waals surface area contributed by atoms with Crippen LogP contribution in [0.4, 0.5) is 0 Å². The molecule has 0 aliphatic rings. The Bertz CT molecular complexity index is 708. The van der Waals surface area contributed by atoms with Gasteiger partial charge in [-0.3, -0.25) is 0 Å². The highest BCUT2D eigenvalue weighted by Gasteiger charge is 2.13. The standard InChI is InChI=1S/C11H7NO3/c1-6-9-10(15-12-6)7-4-2-3-5-8(7)14-11(9)13/h2-5H,1H3. The van der Waals surface area contributed by atoms with Gasteiger partial charge in [0.1, 0.15) is 11.0 Å². The number of rotatable bonds is 0. The van der Waals surface area contributed by atoms with E-state index in [1.165, 1.54) is 0 Å². The predicted molar refractivity (Wildman–Crippen MR) is 54.8 cm³/mol.